The fourth-order valence-corrected chi connectivity index (χ4v) is 3.81. The molecule has 3 aromatic heterocycles. The second-order valence-electron chi connectivity index (χ2n) is 6.83. The molecule has 1 unspecified atom stereocenters. The lowest BCUT2D eigenvalue weighted by Gasteiger charge is -2.16. The summed E-state index contributed by atoms with van der Waals surface area (Å²) in [5.74, 6) is 0.797. The minimum absolute atomic E-state index is 0.0186. The van der Waals surface area contributed by atoms with E-state index in [9.17, 15) is 4.79 Å². The molecule has 7 nitrogen and oxygen atoms in total. The lowest BCUT2D eigenvalue weighted by Crippen LogP contribution is -2.29. The molecule has 1 saturated heterocycles. The molecule has 1 N–H and O–H groups in total. The average Bonchev–Trinajstić information content (AvgIpc) is 3.43. The van der Waals surface area contributed by atoms with Crippen LogP contribution in [0.2, 0.25) is 0 Å². The van der Waals surface area contributed by atoms with Gasteiger partial charge in [0, 0.05) is 30.2 Å². The molecule has 5 rings (SSSR count). The largest absolute Gasteiger partial charge is 0.497 e. The molecule has 0 saturated carbocycles. The Bertz CT molecular complexity index is 1150. The summed E-state index contributed by atoms with van der Waals surface area (Å²) < 4.78 is 7.34. The molecule has 0 aliphatic carbocycles. The van der Waals surface area contributed by atoms with Crippen molar-refractivity contribution in [2.24, 2.45) is 0 Å². The minimum Gasteiger partial charge on any atom is -0.497 e. The number of ether oxygens (including phenoxy) is 1. The standard InChI is InChI=1S/C20H19N5O2/c1-27-15-4-5-16-13(9-15)10-18(23-16)20(26)24-8-6-14(11-24)25-12-22-17-3-2-7-21-19(17)25/h2-5,7,9-10,12,14,23H,6,8,11H2,1H3. The van der Waals surface area contributed by atoms with Crippen molar-refractivity contribution in [2.45, 2.75) is 12.5 Å². The van der Waals surface area contributed by atoms with E-state index in [1.165, 1.54) is 0 Å². The number of aromatic nitrogens is 4. The van der Waals surface area contributed by atoms with E-state index in [0.717, 1.165) is 34.2 Å². The summed E-state index contributed by atoms with van der Waals surface area (Å²) >= 11 is 0. The first kappa shape index (κ1) is 15.9. The van der Waals surface area contributed by atoms with Gasteiger partial charge in [0.2, 0.25) is 0 Å². The third kappa shape index (κ3) is 2.63. The Kier molecular flexibility index (Phi) is 3.60. The van der Waals surface area contributed by atoms with Gasteiger partial charge in [-0.2, -0.15) is 0 Å². The first-order valence-corrected chi connectivity index (χ1v) is 8.96. The third-order valence-electron chi connectivity index (χ3n) is 5.23. The summed E-state index contributed by atoms with van der Waals surface area (Å²) in [6, 6.07) is 11.7. The number of rotatable bonds is 3. The highest BCUT2D eigenvalue weighted by Gasteiger charge is 2.29. The lowest BCUT2D eigenvalue weighted by molar-refractivity contribution is 0.0783. The Morgan fingerprint density at radius 1 is 1.26 bits per heavy atom. The Morgan fingerprint density at radius 2 is 2.19 bits per heavy atom. The topological polar surface area (TPSA) is 76.0 Å². The molecule has 1 amide bonds. The smallest absolute Gasteiger partial charge is 0.270 e. The first-order chi connectivity index (χ1) is 13.2. The van der Waals surface area contributed by atoms with Gasteiger partial charge in [0.15, 0.2) is 5.65 Å². The van der Waals surface area contributed by atoms with Gasteiger partial charge in [-0.15, -0.1) is 0 Å². The summed E-state index contributed by atoms with van der Waals surface area (Å²) in [5.41, 5.74) is 3.29. The molecule has 0 bridgehead atoms. The number of nitrogens with zero attached hydrogens (tertiary/aromatic N) is 4. The highest BCUT2D eigenvalue weighted by Crippen LogP contribution is 2.27. The summed E-state index contributed by atoms with van der Waals surface area (Å²) in [7, 11) is 1.64. The van der Waals surface area contributed by atoms with Crippen LogP contribution < -0.4 is 4.74 Å². The van der Waals surface area contributed by atoms with Gasteiger partial charge in [0.1, 0.15) is 17.0 Å². The summed E-state index contributed by atoms with van der Waals surface area (Å²) in [4.78, 5) is 26.9. The molecule has 0 spiro atoms. The van der Waals surface area contributed by atoms with E-state index in [1.54, 1.807) is 13.3 Å². The van der Waals surface area contributed by atoms with Crippen molar-refractivity contribution in [1.82, 2.24) is 24.4 Å². The van der Waals surface area contributed by atoms with E-state index in [-0.39, 0.29) is 11.9 Å². The van der Waals surface area contributed by atoms with E-state index < -0.39 is 0 Å². The van der Waals surface area contributed by atoms with Gasteiger partial charge < -0.3 is 19.2 Å². The van der Waals surface area contributed by atoms with Gasteiger partial charge in [-0.3, -0.25) is 4.79 Å². The molecule has 1 aliphatic heterocycles. The first-order valence-electron chi connectivity index (χ1n) is 8.96. The van der Waals surface area contributed by atoms with Crippen molar-refractivity contribution in [2.75, 3.05) is 20.2 Å². The van der Waals surface area contributed by atoms with Crippen LogP contribution >= 0.6 is 0 Å². The summed E-state index contributed by atoms with van der Waals surface area (Å²) in [5, 5.41) is 0.971. The Hall–Kier alpha value is -3.35. The van der Waals surface area contributed by atoms with Crippen LogP contribution in [-0.2, 0) is 0 Å². The SMILES string of the molecule is COc1ccc2[nH]c(C(=O)N3CCC(n4cnc5cccnc54)C3)cc2c1. The number of hydrogen-bond acceptors (Lipinski definition) is 4. The van der Waals surface area contributed by atoms with Crippen LogP contribution in [0.4, 0.5) is 0 Å². The van der Waals surface area contributed by atoms with Crippen LogP contribution in [0.5, 0.6) is 5.75 Å². The lowest BCUT2D eigenvalue weighted by atomic mass is 10.2. The van der Waals surface area contributed by atoms with Crippen LogP contribution in [0, 0.1) is 0 Å². The number of carbonyl (C=O) groups excluding carboxylic acids is 1. The summed E-state index contributed by atoms with van der Waals surface area (Å²) in [6.07, 6.45) is 4.49. The predicted molar refractivity (Wildman–Crippen MR) is 102 cm³/mol. The van der Waals surface area contributed by atoms with E-state index in [1.807, 2.05) is 47.6 Å². The summed E-state index contributed by atoms with van der Waals surface area (Å²) in [6.45, 7) is 1.37. The second kappa shape index (κ2) is 6.12. The number of imidazole rings is 1. The van der Waals surface area contributed by atoms with Crippen molar-refractivity contribution >= 4 is 28.0 Å². The van der Waals surface area contributed by atoms with Crippen LogP contribution in [0.3, 0.4) is 0 Å². The predicted octanol–water partition coefficient (Wildman–Crippen LogP) is 3.01. The minimum atomic E-state index is 0.0186. The fraction of sp³-hybridized carbons (Fsp3) is 0.250. The third-order valence-corrected chi connectivity index (χ3v) is 5.23. The van der Waals surface area contributed by atoms with Gasteiger partial charge in [-0.05, 0) is 42.8 Å². The number of amides is 1. The van der Waals surface area contributed by atoms with Gasteiger partial charge in [0.05, 0.1) is 19.5 Å². The molecule has 0 radical (unpaired) electrons. The molecule has 136 valence electrons. The van der Waals surface area contributed by atoms with Crippen LogP contribution in [0.25, 0.3) is 22.1 Å². The maximum absolute atomic E-state index is 13.0. The van der Waals surface area contributed by atoms with Gasteiger partial charge in [0.25, 0.3) is 5.91 Å². The van der Waals surface area contributed by atoms with Gasteiger partial charge >= 0.3 is 0 Å². The monoisotopic (exact) mass is 361 g/mol. The zero-order valence-corrected chi connectivity index (χ0v) is 14.9. The number of pyridine rings is 1. The second-order valence-corrected chi connectivity index (χ2v) is 6.83. The number of carbonyl (C=O) groups is 1. The number of benzene rings is 1. The number of fused-ring (bicyclic) bond motifs is 2. The number of nitrogens with one attached hydrogen (secondary N) is 1. The Labute approximate surface area is 155 Å². The zero-order chi connectivity index (χ0) is 18.4. The van der Waals surface area contributed by atoms with E-state index >= 15 is 0 Å². The molecule has 7 heteroatoms. The molecule has 1 fully saturated rings. The average molecular weight is 361 g/mol. The van der Waals surface area contributed by atoms with Crippen molar-refractivity contribution in [1.29, 1.82) is 0 Å². The highest BCUT2D eigenvalue weighted by atomic mass is 16.5. The van der Waals surface area contributed by atoms with Crippen LogP contribution in [-0.4, -0.2) is 50.5 Å². The molecule has 1 atom stereocenters. The molecule has 1 aliphatic rings. The maximum atomic E-state index is 13.0. The molecular weight excluding hydrogens is 342 g/mol. The molecular formula is C20H19N5O2. The van der Waals surface area contributed by atoms with Crippen molar-refractivity contribution in [3.63, 3.8) is 0 Å². The number of H-pyrrole nitrogens is 1. The molecule has 4 heterocycles. The number of aromatic amines is 1. The van der Waals surface area contributed by atoms with Gasteiger partial charge in [-0.25, -0.2) is 9.97 Å². The number of likely N-dealkylation sites (tertiary alicyclic amines) is 1. The van der Waals surface area contributed by atoms with E-state index in [4.69, 9.17) is 4.74 Å². The zero-order valence-electron chi connectivity index (χ0n) is 14.9. The van der Waals surface area contributed by atoms with Crippen molar-refractivity contribution in [3.05, 3.63) is 54.6 Å². The van der Waals surface area contributed by atoms with Gasteiger partial charge in [-0.1, -0.05) is 0 Å². The van der Waals surface area contributed by atoms with Crippen LogP contribution in [0.15, 0.2) is 48.9 Å². The fourth-order valence-electron chi connectivity index (χ4n) is 3.81. The highest BCUT2D eigenvalue weighted by molar-refractivity contribution is 5.98. The van der Waals surface area contributed by atoms with E-state index in [0.29, 0.717) is 18.8 Å². The number of hydrogen-bond donors (Lipinski definition) is 1. The normalized spacial score (nSPS) is 17.1. The van der Waals surface area contributed by atoms with Crippen LogP contribution in [0.1, 0.15) is 23.0 Å². The quantitative estimate of drug-likeness (QED) is 0.609. The van der Waals surface area contributed by atoms with Crippen molar-refractivity contribution in [3.8, 4) is 5.75 Å². The van der Waals surface area contributed by atoms with E-state index in [2.05, 4.69) is 19.5 Å². The molecule has 4 aromatic rings. The molecule has 1 aromatic carbocycles. The Morgan fingerprint density at radius 3 is 3.07 bits per heavy atom. The van der Waals surface area contributed by atoms with Crippen molar-refractivity contribution < 1.29 is 9.53 Å². The molecule has 27 heavy (non-hydrogen) atoms. The number of methoxy groups -OCH3 is 1. The Balaban J connectivity index is 1.39. The maximum Gasteiger partial charge on any atom is 0.270 e.